The van der Waals surface area contributed by atoms with E-state index in [1.54, 1.807) is 13.0 Å². The molecule has 0 saturated heterocycles. The second kappa shape index (κ2) is 6.35. The summed E-state index contributed by atoms with van der Waals surface area (Å²) < 4.78 is 5.43. The highest BCUT2D eigenvalue weighted by Gasteiger charge is 2.28. The number of furan rings is 1. The van der Waals surface area contributed by atoms with Crippen LogP contribution in [0.2, 0.25) is 0 Å². The van der Waals surface area contributed by atoms with Crippen LogP contribution in [0.3, 0.4) is 0 Å². The van der Waals surface area contributed by atoms with Crippen molar-refractivity contribution in [3.8, 4) is 0 Å². The molecule has 3 N–H and O–H groups in total. The maximum Gasteiger partial charge on any atom is 0.315 e. The number of nitrogens with one attached hydrogen (secondary N) is 2. The number of urea groups is 1. The van der Waals surface area contributed by atoms with Crippen LogP contribution in [0.5, 0.6) is 0 Å². The van der Waals surface area contributed by atoms with E-state index in [-0.39, 0.29) is 18.6 Å². The van der Waals surface area contributed by atoms with Gasteiger partial charge in [0, 0.05) is 11.6 Å². The van der Waals surface area contributed by atoms with Crippen molar-refractivity contribution in [1.82, 2.24) is 10.6 Å². The third kappa shape index (κ3) is 4.11. The van der Waals surface area contributed by atoms with Gasteiger partial charge in [0.2, 0.25) is 0 Å². The Kier molecular flexibility index (Phi) is 4.73. The van der Waals surface area contributed by atoms with Gasteiger partial charge in [-0.15, -0.1) is 0 Å². The van der Waals surface area contributed by atoms with Crippen LogP contribution >= 0.6 is 0 Å². The van der Waals surface area contributed by atoms with Gasteiger partial charge in [0.1, 0.15) is 17.1 Å². The molecule has 2 atom stereocenters. The zero-order valence-electron chi connectivity index (χ0n) is 12.9. The van der Waals surface area contributed by atoms with Gasteiger partial charge in [0.25, 0.3) is 0 Å². The summed E-state index contributed by atoms with van der Waals surface area (Å²) in [6, 6.07) is 1.74. The lowest BCUT2D eigenvalue weighted by Crippen LogP contribution is -2.47. The van der Waals surface area contributed by atoms with Crippen molar-refractivity contribution in [1.29, 1.82) is 0 Å². The van der Waals surface area contributed by atoms with Crippen LogP contribution < -0.4 is 10.6 Å². The van der Waals surface area contributed by atoms with E-state index in [1.807, 2.05) is 13.8 Å². The van der Waals surface area contributed by atoms with Crippen LogP contribution in [0.15, 0.2) is 22.6 Å². The molecule has 0 saturated carbocycles. The lowest BCUT2D eigenvalue weighted by atomic mass is 9.96. The number of carbonyl (C=O) groups is 1. The summed E-state index contributed by atoms with van der Waals surface area (Å²) in [7, 11) is 0. The number of hydrogen-bond acceptors (Lipinski definition) is 3. The lowest BCUT2D eigenvalue weighted by molar-refractivity contribution is 0.0577. The SMILES string of the molecule is Cc1cc(C(C)(O)CNC(=O)NC2CC=CCC2)c(C)o1. The number of carbonyl (C=O) groups excluding carboxylic acids is 1. The van der Waals surface area contributed by atoms with Gasteiger partial charge in [0.15, 0.2) is 0 Å². The molecule has 1 aliphatic rings. The molecule has 0 aliphatic heterocycles. The number of allylic oxidation sites excluding steroid dienone is 1. The Hall–Kier alpha value is -1.75. The van der Waals surface area contributed by atoms with E-state index in [0.29, 0.717) is 11.3 Å². The molecule has 0 spiro atoms. The summed E-state index contributed by atoms with van der Waals surface area (Å²) in [6.07, 6.45) is 7.04. The fraction of sp³-hybridized carbons (Fsp3) is 0.562. The second-order valence-electron chi connectivity index (χ2n) is 5.91. The second-order valence-corrected chi connectivity index (χ2v) is 5.91. The van der Waals surface area contributed by atoms with Gasteiger partial charge in [-0.05, 0) is 46.1 Å². The van der Waals surface area contributed by atoms with Crippen LogP contribution in [0, 0.1) is 13.8 Å². The van der Waals surface area contributed by atoms with Gasteiger partial charge >= 0.3 is 6.03 Å². The smallest absolute Gasteiger partial charge is 0.315 e. The molecule has 0 aromatic carbocycles. The minimum absolute atomic E-state index is 0.140. The molecule has 0 radical (unpaired) electrons. The van der Waals surface area contributed by atoms with E-state index < -0.39 is 5.60 Å². The van der Waals surface area contributed by atoms with Crippen molar-refractivity contribution in [2.45, 2.75) is 51.7 Å². The maximum atomic E-state index is 11.9. The summed E-state index contributed by atoms with van der Waals surface area (Å²) in [4.78, 5) is 11.9. The molecule has 1 aliphatic carbocycles. The first-order valence-corrected chi connectivity index (χ1v) is 7.38. The summed E-state index contributed by atoms with van der Waals surface area (Å²) in [5.41, 5.74) is -0.438. The largest absolute Gasteiger partial charge is 0.466 e. The fourth-order valence-corrected chi connectivity index (χ4v) is 2.67. The number of hydrogen-bond donors (Lipinski definition) is 3. The number of amides is 2. The summed E-state index contributed by atoms with van der Waals surface area (Å²) in [5.74, 6) is 1.43. The Balaban J connectivity index is 1.87. The van der Waals surface area contributed by atoms with Crippen molar-refractivity contribution in [3.05, 3.63) is 35.3 Å². The third-order valence-corrected chi connectivity index (χ3v) is 3.82. The van der Waals surface area contributed by atoms with Crippen molar-refractivity contribution in [3.63, 3.8) is 0 Å². The van der Waals surface area contributed by atoms with Crippen LogP contribution in [0.4, 0.5) is 4.79 Å². The molecule has 1 aromatic heterocycles. The van der Waals surface area contributed by atoms with Crippen molar-refractivity contribution < 1.29 is 14.3 Å². The summed E-state index contributed by atoms with van der Waals surface area (Å²) >= 11 is 0. The van der Waals surface area contributed by atoms with Gasteiger partial charge in [-0.3, -0.25) is 0 Å². The van der Waals surface area contributed by atoms with E-state index >= 15 is 0 Å². The Bertz CT molecular complexity index is 532. The molecular weight excluding hydrogens is 268 g/mol. The monoisotopic (exact) mass is 292 g/mol. The first kappa shape index (κ1) is 15.6. The molecule has 1 aromatic rings. The number of aryl methyl sites for hydroxylation is 2. The minimum atomic E-state index is -1.15. The standard InChI is InChI=1S/C16H24N2O3/c1-11-9-14(12(2)21-11)16(3,20)10-17-15(19)18-13-7-5-4-6-8-13/h4-5,9,13,20H,6-8,10H2,1-3H3,(H2,17,18,19). The van der Waals surface area contributed by atoms with Gasteiger partial charge in [0.05, 0.1) is 6.54 Å². The molecule has 0 bridgehead atoms. The first-order valence-electron chi connectivity index (χ1n) is 7.38. The van der Waals surface area contributed by atoms with E-state index in [0.717, 1.165) is 25.0 Å². The predicted molar refractivity (Wildman–Crippen MR) is 81.1 cm³/mol. The normalized spacial score (nSPS) is 20.9. The molecule has 2 rings (SSSR count). The van der Waals surface area contributed by atoms with Gasteiger partial charge in [-0.2, -0.15) is 0 Å². The van der Waals surface area contributed by atoms with E-state index in [4.69, 9.17) is 4.42 Å². The van der Waals surface area contributed by atoms with E-state index in [9.17, 15) is 9.90 Å². The zero-order chi connectivity index (χ0) is 15.5. The maximum absolute atomic E-state index is 11.9. The van der Waals surface area contributed by atoms with E-state index in [2.05, 4.69) is 22.8 Å². The van der Waals surface area contributed by atoms with Gasteiger partial charge in [-0.25, -0.2) is 4.79 Å². The zero-order valence-corrected chi connectivity index (χ0v) is 12.9. The number of aliphatic hydroxyl groups is 1. The lowest BCUT2D eigenvalue weighted by Gasteiger charge is -2.25. The van der Waals surface area contributed by atoms with Crippen LogP contribution in [-0.2, 0) is 5.60 Å². The Morgan fingerprint density at radius 1 is 1.48 bits per heavy atom. The highest BCUT2D eigenvalue weighted by Crippen LogP contribution is 2.26. The van der Waals surface area contributed by atoms with Crippen molar-refractivity contribution in [2.75, 3.05) is 6.54 Å². The molecule has 1 heterocycles. The van der Waals surface area contributed by atoms with Crippen LogP contribution in [0.25, 0.3) is 0 Å². The molecular formula is C16H24N2O3. The molecule has 2 amide bonds. The highest BCUT2D eigenvalue weighted by atomic mass is 16.3. The fourth-order valence-electron chi connectivity index (χ4n) is 2.67. The minimum Gasteiger partial charge on any atom is -0.466 e. The number of rotatable bonds is 4. The third-order valence-electron chi connectivity index (χ3n) is 3.82. The van der Waals surface area contributed by atoms with Crippen LogP contribution in [-0.4, -0.2) is 23.7 Å². The quantitative estimate of drug-likeness (QED) is 0.746. The average molecular weight is 292 g/mol. The Morgan fingerprint density at radius 2 is 2.24 bits per heavy atom. The predicted octanol–water partition coefficient (Wildman–Crippen LogP) is 2.51. The molecule has 5 nitrogen and oxygen atoms in total. The molecule has 21 heavy (non-hydrogen) atoms. The first-order chi connectivity index (χ1) is 9.88. The van der Waals surface area contributed by atoms with Crippen molar-refractivity contribution >= 4 is 6.03 Å². The van der Waals surface area contributed by atoms with Crippen LogP contribution in [0.1, 0.15) is 43.3 Å². The molecule has 5 heteroatoms. The summed E-state index contributed by atoms with van der Waals surface area (Å²) in [6.45, 7) is 5.46. The molecule has 116 valence electrons. The highest BCUT2D eigenvalue weighted by molar-refractivity contribution is 5.74. The Labute approximate surface area is 125 Å². The van der Waals surface area contributed by atoms with E-state index in [1.165, 1.54) is 0 Å². The topological polar surface area (TPSA) is 74.5 Å². The van der Waals surface area contributed by atoms with Gasteiger partial charge in [-0.1, -0.05) is 12.2 Å². The van der Waals surface area contributed by atoms with Crippen molar-refractivity contribution in [2.24, 2.45) is 0 Å². The molecule has 2 unspecified atom stereocenters. The van der Waals surface area contributed by atoms with Gasteiger partial charge < -0.3 is 20.2 Å². The summed E-state index contributed by atoms with van der Waals surface area (Å²) in [5, 5.41) is 16.2. The Morgan fingerprint density at radius 3 is 2.81 bits per heavy atom. The molecule has 0 fully saturated rings. The average Bonchev–Trinajstić information content (AvgIpc) is 2.78.